The van der Waals surface area contributed by atoms with Gasteiger partial charge in [-0.05, 0) is 46.6 Å². The molecule has 0 amide bonds. The van der Waals surface area contributed by atoms with Crippen LogP contribution in [0.2, 0.25) is 0 Å². The highest BCUT2D eigenvalue weighted by Crippen LogP contribution is 2.29. The Hall–Kier alpha value is -1.76. The van der Waals surface area contributed by atoms with Crippen LogP contribution in [0.3, 0.4) is 0 Å². The van der Waals surface area contributed by atoms with E-state index < -0.39 is 6.36 Å². The van der Waals surface area contributed by atoms with Crippen molar-refractivity contribution >= 4 is 27.4 Å². The number of hydrogen-bond donors (Lipinski definition) is 1. The van der Waals surface area contributed by atoms with E-state index in [1.165, 1.54) is 18.2 Å². The molecule has 0 aliphatic carbocycles. The van der Waals surface area contributed by atoms with E-state index >= 15 is 0 Å². The smallest absolute Gasteiger partial charge is 0.406 e. The summed E-state index contributed by atoms with van der Waals surface area (Å²) in [6.07, 6.45) is -3.10. The minimum absolute atomic E-state index is 0.286. The van der Waals surface area contributed by atoms with Crippen LogP contribution >= 0.6 is 15.9 Å². The third-order valence-electron chi connectivity index (χ3n) is 2.41. The molecule has 0 atom stereocenters. The highest BCUT2D eigenvalue weighted by molar-refractivity contribution is 9.10. The normalized spacial score (nSPS) is 11.2. The van der Waals surface area contributed by atoms with E-state index in [9.17, 15) is 13.2 Å². The summed E-state index contributed by atoms with van der Waals surface area (Å²) in [6, 6.07) is 7.40. The molecule has 0 saturated heterocycles. The van der Waals surface area contributed by atoms with Crippen LogP contribution in [0.1, 0.15) is 5.56 Å². The summed E-state index contributed by atoms with van der Waals surface area (Å²) in [5.41, 5.74) is 1.41. The second-order valence-corrected chi connectivity index (χ2v) is 4.78. The lowest BCUT2D eigenvalue weighted by Gasteiger charge is -2.12. The van der Waals surface area contributed by atoms with Crippen molar-refractivity contribution in [2.24, 2.45) is 0 Å². The van der Waals surface area contributed by atoms with Crippen molar-refractivity contribution in [2.45, 2.75) is 13.3 Å². The molecule has 106 valence electrons. The maximum absolute atomic E-state index is 12.2. The van der Waals surface area contributed by atoms with Crippen LogP contribution < -0.4 is 10.1 Å². The van der Waals surface area contributed by atoms with Gasteiger partial charge in [0.1, 0.15) is 11.6 Å². The zero-order valence-electron chi connectivity index (χ0n) is 10.3. The van der Waals surface area contributed by atoms with Gasteiger partial charge in [0, 0.05) is 18.0 Å². The Morgan fingerprint density at radius 2 is 2.00 bits per heavy atom. The Kier molecular flexibility index (Phi) is 4.17. The number of anilines is 2. The van der Waals surface area contributed by atoms with E-state index in [1.807, 2.05) is 13.0 Å². The average Bonchev–Trinajstić information content (AvgIpc) is 2.33. The number of pyridine rings is 1. The molecule has 3 nitrogen and oxygen atoms in total. The van der Waals surface area contributed by atoms with Gasteiger partial charge in [0.15, 0.2) is 0 Å². The first-order chi connectivity index (χ1) is 9.35. The van der Waals surface area contributed by atoms with E-state index in [0.29, 0.717) is 11.5 Å². The van der Waals surface area contributed by atoms with E-state index in [4.69, 9.17) is 0 Å². The molecule has 7 heteroatoms. The molecule has 0 bridgehead atoms. The lowest BCUT2D eigenvalue weighted by Crippen LogP contribution is -2.17. The molecule has 0 radical (unpaired) electrons. The minimum atomic E-state index is -4.71. The van der Waals surface area contributed by atoms with Crippen LogP contribution in [0.5, 0.6) is 5.75 Å². The van der Waals surface area contributed by atoms with Crippen LogP contribution in [0.25, 0.3) is 0 Å². The van der Waals surface area contributed by atoms with Gasteiger partial charge < -0.3 is 10.1 Å². The molecule has 0 saturated carbocycles. The zero-order valence-corrected chi connectivity index (χ0v) is 11.9. The van der Waals surface area contributed by atoms with Crippen LogP contribution in [0.4, 0.5) is 24.7 Å². The summed E-state index contributed by atoms with van der Waals surface area (Å²) in [5, 5.41) is 2.93. The topological polar surface area (TPSA) is 34.2 Å². The van der Waals surface area contributed by atoms with Crippen molar-refractivity contribution in [3.63, 3.8) is 0 Å². The van der Waals surface area contributed by atoms with E-state index in [2.05, 4.69) is 31.0 Å². The number of nitrogens with zero attached hydrogens (tertiary/aromatic N) is 1. The number of halogens is 4. The summed E-state index contributed by atoms with van der Waals surface area (Å²) in [7, 11) is 0. The van der Waals surface area contributed by atoms with Crippen molar-refractivity contribution in [3.05, 3.63) is 46.6 Å². The Morgan fingerprint density at radius 3 is 2.70 bits per heavy atom. The zero-order chi connectivity index (χ0) is 14.8. The molecule has 1 aromatic heterocycles. The molecule has 20 heavy (non-hydrogen) atoms. The summed E-state index contributed by atoms with van der Waals surface area (Å²) >= 11 is 3.37. The van der Waals surface area contributed by atoms with Gasteiger partial charge in [0.2, 0.25) is 0 Å². The Balaban J connectivity index is 2.22. The Morgan fingerprint density at radius 1 is 1.25 bits per heavy atom. The Bertz CT molecular complexity index is 617. The number of alkyl halides is 3. The van der Waals surface area contributed by atoms with Crippen molar-refractivity contribution in [3.8, 4) is 5.75 Å². The van der Waals surface area contributed by atoms with Crippen molar-refractivity contribution in [1.29, 1.82) is 0 Å². The molecule has 0 unspecified atom stereocenters. The maximum Gasteiger partial charge on any atom is 0.573 e. The van der Waals surface area contributed by atoms with Gasteiger partial charge >= 0.3 is 6.36 Å². The number of ether oxygens (including phenoxy) is 1. The van der Waals surface area contributed by atoms with Gasteiger partial charge in [0.05, 0.1) is 4.47 Å². The van der Waals surface area contributed by atoms with E-state index in [0.717, 1.165) is 10.0 Å². The van der Waals surface area contributed by atoms with Crippen LogP contribution in [-0.2, 0) is 0 Å². The monoisotopic (exact) mass is 346 g/mol. The number of aromatic nitrogens is 1. The summed E-state index contributed by atoms with van der Waals surface area (Å²) < 4.78 is 41.1. The van der Waals surface area contributed by atoms with Crippen LogP contribution in [0.15, 0.2) is 41.0 Å². The molecule has 0 aliphatic rings. The fourth-order valence-corrected chi connectivity index (χ4v) is 1.87. The average molecular weight is 347 g/mol. The number of nitrogens with one attached hydrogen (secondary N) is 1. The number of aryl methyl sites for hydroxylation is 1. The number of hydrogen-bond acceptors (Lipinski definition) is 3. The standard InChI is InChI=1S/C13H10BrF3N2O/c1-8-5-6-18-12(11(8)14)19-9-3-2-4-10(7-9)20-13(15,16)17/h2-7H,1H3,(H,18,19). The quantitative estimate of drug-likeness (QED) is 0.867. The SMILES string of the molecule is Cc1ccnc(Nc2cccc(OC(F)(F)F)c2)c1Br. The van der Waals surface area contributed by atoms with Gasteiger partial charge in [-0.2, -0.15) is 0 Å². The van der Waals surface area contributed by atoms with Crippen molar-refractivity contribution in [1.82, 2.24) is 4.98 Å². The van der Waals surface area contributed by atoms with Gasteiger partial charge in [0.25, 0.3) is 0 Å². The van der Waals surface area contributed by atoms with E-state index in [1.54, 1.807) is 12.3 Å². The molecule has 1 aromatic carbocycles. The predicted octanol–water partition coefficient (Wildman–Crippen LogP) is 4.79. The van der Waals surface area contributed by atoms with Gasteiger partial charge in [-0.25, -0.2) is 4.98 Å². The highest BCUT2D eigenvalue weighted by atomic mass is 79.9. The minimum Gasteiger partial charge on any atom is -0.406 e. The fraction of sp³-hybridized carbons (Fsp3) is 0.154. The maximum atomic E-state index is 12.2. The van der Waals surface area contributed by atoms with Crippen LogP contribution in [-0.4, -0.2) is 11.3 Å². The molecular formula is C13H10BrF3N2O. The first kappa shape index (κ1) is 14.6. The lowest BCUT2D eigenvalue weighted by atomic mass is 10.2. The molecule has 2 aromatic rings. The van der Waals surface area contributed by atoms with Crippen LogP contribution in [0, 0.1) is 6.92 Å². The first-order valence-electron chi connectivity index (χ1n) is 5.59. The fourth-order valence-electron chi connectivity index (χ4n) is 1.54. The number of rotatable bonds is 3. The lowest BCUT2D eigenvalue weighted by molar-refractivity contribution is -0.274. The molecule has 0 aliphatic heterocycles. The molecule has 1 heterocycles. The molecule has 0 fully saturated rings. The summed E-state index contributed by atoms with van der Waals surface area (Å²) in [4.78, 5) is 4.12. The largest absolute Gasteiger partial charge is 0.573 e. The van der Waals surface area contributed by atoms with Gasteiger partial charge in [-0.15, -0.1) is 13.2 Å². The van der Waals surface area contributed by atoms with Gasteiger partial charge in [-0.3, -0.25) is 0 Å². The summed E-state index contributed by atoms with van der Waals surface area (Å²) in [6.45, 7) is 1.89. The van der Waals surface area contributed by atoms with Crippen molar-refractivity contribution < 1.29 is 17.9 Å². The number of benzene rings is 1. The third kappa shape index (κ3) is 3.86. The molecular weight excluding hydrogens is 337 g/mol. The molecule has 1 N–H and O–H groups in total. The first-order valence-corrected chi connectivity index (χ1v) is 6.38. The summed E-state index contributed by atoms with van der Waals surface area (Å²) in [5.74, 6) is 0.237. The Labute approximate surface area is 121 Å². The second kappa shape index (κ2) is 5.70. The highest BCUT2D eigenvalue weighted by Gasteiger charge is 2.31. The molecule has 2 rings (SSSR count). The van der Waals surface area contributed by atoms with Gasteiger partial charge in [-0.1, -0.05) is 6.07 Å². The second-order valence-electron chi connectivity index (χ2n) is 3.99. The van der Waals surface area contributed by atoms with Crippen molar-refractivity contribution in [2.75, 3.05) is 5.32 Å². The van der Waals surface area contributed by atoms with E-state index in [-0.39, 0.29) is 5.75 Å². The third-order valence-corrected chi connectivity index (χ3v) is 3.41. The predicted molar refractivity (Wildman–Crippen MR) is 73.1 cm³/mol. The molecule has 0 spiro atoms.